The highest BCUT2D eigenvalue weighted by Gasteiger charge is 1.93. The van der Waals surface area contributed by atoms with Gasteiger partial charge in [-0.3, -0.25) is 0 Å². The van der Waals surface area contributed by atoms with E-state index in [1.54, 1.807) is 13.4 Å². The summed E-state index contributed by atoms with van der Waals surface area (Å²) in [5.74, 6) is 0.933. The Labute approximate surface area is 80.2 Å². The van der Waals surface area contributed by atoms with Gasteiger partial charge in [-0.2, -0.15) is 12.6 Å². The maximum atomic E-state index is 5.05. The van der Waals surface area contributed by atoms with Gasteiger partial charge < -0.3 is 4.74 Å². The second kappa shape index (κ2) is 5.95. The Morgan fingerprint density at radius 3 is 2.08 bits per heavy atom. The number of rotatable bonds is 1. The molecule has 0 fully saturated rings. The maximum Gasteiger partial charge on any atom is 0.119 e. The lowest BCUT2D eigenvalue weighted by Crippen LogP contribution is -1.85. The van der Waals surface area contributed by atoms with Gasteiger partial charge >= 0.3 is 0 Å². The fourth-order valence-electron chi connectivity index (χ4n) is 0.841. The molecule has 0 aliphatic heterocycles. The van der Waals surface area contributed by atoms with Gasteiger partial charge in [0.25, 0.3) is 0 Å². The lowest BCUT2D eigenvalue weighted by atomic mass is 10.1. The Morgan fingerprint density at radius 1 is 1.08 bits per heavy atom. The first-order valence-electron chi connectivity index (χ1n) is 3.80. The standard InChI is InChI=1S/C9H12O.CH4S/c1-7-4-5-9(10-3)6-8(7)2;1-2/h4-6H,1-3H3;2H,1H3. The molecule has 1 rings (SSSR count). The van der Waals surface area contributed by atoms with E-state index in [1.807, 2.05) is 12.1 Å². The molecule has 1 nitrogen and oxygen atoms in total. The summed E-state index contributed by atoms with van der Waals surface area (Å²) in [7, 11) is 1.68. The molecule has 12 heavy (non-hydrogen) atoms. The molecule has 0 saturated heterocycles. The molecule has 0 radical (unpaired) electrons. The lowest BCUT2D eigenvalue weighted by molar-refractivity contribution is 0.414. The zero-order chi connectivity index (χ0) is 9.56. The van der Waals surface area contributed by atoms with Gasteiger partial charge in [0, 0.05) is 0 Å². The van der Waals surface area contributed by atoms with Gasteiger partial charge in [-0.05, 0) is 43.4 Å². The Bertz CT molecular complexity index is 233. The quantitative estimate of drug-likeness (QED) is 0.660. The predicted octanol–water partition coefficient (Wildman–Crippen LogP) is 2.86. The van der Waals surface area contributed by atoms with E-state index in [0.717, 1.165) is 5.75 Å². The monoisotopic (exact) mass is 184 g/mol. The van der Waals surface area contributed by atoms with Gasteiger partial charge in [0.2, 0.25) is 0 Å². The molecule has 0 unspecified atom stereocenters. The van der Waals surface area contributed by atoms with Crippen LogP contribution < -0.4 is 4.74 Å². The van der Waals surface area contributed by atoms with Crippen molar-refractivity contribution in [1.29, 1.82) is 0 Å². The molecule has 0 bridgehead atoms. The average Bonchev–Trinajstić information content (AvgIpc) is 2.13. The van der Waals surface area contributed by atoms with Crippen molar-refractivity contribution in [2.45, 2.75) is 13.8 Å². The van der Waals surface area contributed by atoms with Crippen LogP contribution in [0, 0.1) is 13.8 Å². The third kappa shape index (κ3) is 3.18. The van der Waals surface area contributed by atoms with Crippen LogP contribution in [0.1, 0.15) is 11.1 Å². The first-order valence-corrected chi connectivity index (χ1v) is 4.69. The molecule has 0 amide bonds. The Hall–Kier alpha value is -0.630. The number of ether oxygens (including phenoxy) is 1. The third-order valence-corrected chi connectivity index (χ3v) is 1.71. The molecule has 0 atom stereocenters. The van der Waals surface area contributed by atoms with Crippen LogP contribution in [0.3, 0.4) is 0 Å². The number of thiol groups is 1. The molecule has 1 aromatic carbocycles. The molecular formula is C10H16OS. The SMILES string of the molecule is COc1ccc(C)c(C)c1.CS. The van der Waals surface area contributed by atoms with Crippen LogP contribution in [-0.2, 0) is 0 Å². The molecule has 0 aromatic heterocycles. The molecule has 0 aliphatic carbocycles. The zero-order valence-corrected chi connectivity index (χ0v) is 8.98. The van der Waals surface area contributed by atoms with E-state index in [1.165, 1.54) is 11.1 Å². The summed E-state index contributed by atoms with van der Waals surface area (Å²) in [4.78, 5) is 0. The average molecular weight is 184 g/mol. The maximum absolute atomic E-state index is 5.05. The number of aryl methyl sites for hydroxylation is 2. The molecule has 0 N–H and O–H groups in total. The lowest BCUT2D eigenvalue weighted by Gasteiger charge is -2.02. The van der Waals surface area contributed by atoms with Crippen molar-refractivity contribution in [2.75, 3.05) is 13.4 Å². The normalized spacial score (nSPS) is 8.42. The Kier molecular flexibility index (Phi) is 5.64. The van der Waals surface area contributed by atoms with Gasteiger partial charge in [0.1, 0.15) is 5.75 Å². The van der Waals surface area contributed by atoms with Crippen molar-refractivity contribution in [3.63, 3.8) is 0 Å². The van der Waals surface area contributed by atoms with Gasteiger partial charge in [-0.25, -0.2) is 0 Å². The van der Waals surface area contributed by atoms with E-state index in [9.17, 15) is 0 Å². The van der Waals surface area contributed by atoms with Gasteiger partial charge in [0.05, 0.1) is 7.11 Å². The minimum atomic E-state index is 0.933. The summed E-state index contributed by atoms with van der Waals surface area (Å²) < 4.78 is 5.05. The van der Waals surface area contributed by atoms with Crippen LogP contribution in [-0.4, -0.2) is 13.4 Å². The Morgan fingerprint density at radius 2 is 1.67 bits per heavy atom. The molecule has 0 saturated carbocycles. The molecule has 0 spiro atoms. The van der Waals surface area contributed by atoms with Crippen molar-refractivity contribution in [2.24, 2.45) is 0 Å². The molecule has 0 aliphatic rings. The van der Waals surface area contributed by atoms with E-state index >= 15 is 0 Å². The predicted molar refractivity (Wildman–Crippen MR) is 57.4 cm³/mol. The highest BCUT2D eigenvalue weighted by atomic mass is 32.1. The van der Waals surface area contributed by atoms with Crippen molar-refractivity contribution >= 4 is 12.6 Å². The van der Waals surface area contributed by atoms with Gasteiger partial charge in [-0.15, -0.1) is 0 Å². The summed E-state index contributed by atoms with van der Waals surface area (Å²) in [5, 5.41) is 0. The van der Waals surface area contributed by atoms with E-state index in [2.05, 4.69) is 32.5 Å². The molecule has 68 valence electrons. The minimum absolute atomic E-state index is 0.933. The molecule has 2 heteroatoms. The number of methoxy groups -OCH3 is 1. The Balaban J connectivity index is 0.000000561. The minimum Gasteiger partial charge on any atom is -0.497 e. The molecule has 0 heterocycles. The van der Waals surface area contributed by atoms with Crippen LogP contribution in [0.25, 0.3) is 0 Å². The van der Waals surface area contributed by atoms with Crippen molar-refractivity contribution in [1.82, 2.24) is 0 Å². The number of hydrogen-bond acceptors (Lipinski definition) is 2. The van der Waals surface area contributed by atoms with Gasteiger partial charge in [-0.1, -0.05) is 6.07 Å². The van der Waals surface area contributed by atoms with Crippen molar-refractivity contribution in [3.8, 4) is 5.75 Å². The van der Waals surface area contributed by atoms with Crippen LogP contribution in [0.4, 0.5) is 0 Å². The number of hydrogen-bond donors (Lipinski definition) is 1. The van der Waals surface area contributed by atoms with Crippen LogP contribution in [0.2, 0.25) is 0 Å². The smallest absolute Gasteiger partial charge is 0.119 e. The van der Waals surface area contributed by atoms with Gasteiger partial charge in [0.15, 0.2) is 0 Å². The van der Waals surface area contributed by atoms with E-state index in [-0.39, 0.29) is 0 Å². The van der Waals surface area contributed by atoms with Crippen molar-refractivity contribution in [3.05, 3.63) is 29.3 Å². The molecular weight excluding hydrogens is 168 g/mol. The first kappa shape index (κ1) is 11.4. The summed E-state index contributed by atoms with van der Waals surface area (Å²) in [6.07, 6.45) is 1.69. The van der Waals surface area contributed by atoms with E-state index in [0.29, 0.717) is 0 Å². The second-order valence-corrected chi connectivity index (χ2v) is 2.45. The second-order valence-electron chi connectivity index (χ2n) is 2.45. The van der Waals surface area contributed by atoms with Crippen LogP contribution in [0.5, 0.6) is 5.75 Å². The fraction of sp³-hybridized carbons (Fsp3) is 0.400. The third-order valence-electron chi connectivity index (χ3n) is 1.71. The highest BCUT2D eigenvalue weighted by molar-refractivity contribution is 7.79. The summed E-state index contributed by atoms with van der Waals surface area (Å²) in [6.45, 7) is 4.17. The first-order chi connectivity index (χ1) is 5.74. The summed E-state index contributed by atoms with van der Waals surface area (Å²) >= 11 is 3.53. The number of benzene rings is 1. The topological polar surface area (TPSA) is 9.23 Å². The van der Waals surface area contributed by atoms with Crippen molar-refractivity contribution < 1.29 is 4.74 Å². The fourth-order valence-corrected chi connectivity index (χ4v) is 0.841. The largest absolute Gasteiger partial charge is 0.497 e. The summed E-state index contributed by atoms with van der Waals surface area (Å²) in [5.41, 5.74) is 2.58. The van der Waals surface area contributed by atoms with Crippen LogP contribution in [0.15, 0.2) is 18.2 Å². The summed E-state index contributed by atoms with van der Waals surface area (Å²) in [6, 6.07) is 6.08. The van der Waals surface area contributed by atoms with E-state index in [4.69, 9.17) is 4.74 Å². The van der Waals surface area contributed by atoms with Crippen LogP contribution >= 0.6 is 12.6 Å². The molecule has 1 aromatic rings. The zero-order valence-electron chi connectivity index (χ0n) is 8.09. The highest BCUT2D eigenvalue weighted by Crippen LogP contribution is 2.15. The van der Waals surface area contributed by atoms with E-state index < -0.39 is 0 Å².